The Morgan fingerprint density at radius 2 is 1.95 bits per heavy atom. The summed E-state index contributed by atoms with van der Waals surface area (Å²) in [7, 11) is 0. The van der Waals surface area contributed by atoms with E-state index < -0.39 is 0 Å². The average Bonchev–Trinajstić information content (AvgIpc) is 2.94. The Morgan fingerprint density at radius 3 is 2.59 bits per heavy atom. The molecule has 0 spiro atoms. The number of anilines is 2. The third-order valence-corrected chi connectivity index (χ3v) is 4.10. The van der Waals surface area contributed by atoms with Gasteiger partial charge in [0.2, 0.25) is 17.0 Å². The molecule has 0 aliphatic carbocycles. The molecular formula is C13H17N7OS. The van der Waals surface area contributed by atoms with Crippen molar-refractivity contribution in [2.24, 2.45) is 0 Å². The van der Waals surface area contributed by atoms with E-state index in [1.54, 1.807) is 18.5 Å². The van der Waals surface area contributed by atoms with Crippen LogP contribution in [0.15, 0.2) is 18.5 Å². The number of piperazine rings is 1. The minimum atomic E-state index is -0.0550. The first-order valence-electron chi connectivity index (χ1n) is 7.05. The lowest BCUT2D eigenvalue weighted by Crippen LogP contribution is -2.49. The van der Waals surface area contributed by atoms with E-state index in [0.717, 1.165) is 37.1 Å². The maximum Gasteiger partial charge on any atom is 0.240 e. The summed E-state index contributed by atoms with van der Waals surface area (Å²) in [6.07, 6.45) is 3.48. The Labute approximate surface area is 132 Å². The van der Waals surface area contributed by atoms with Crippen LogP contribution in [0.4, 0.5) is 11.1 Å². The van der Waals surface area contributed by atoms with Crippen LogP contribution < -0.4 is 10.2 Å². The molecule has 0 unspecified atom stereocenters. The molecule has 0 saturated carbocycles. The van der Waals surface area contributed by atoms with Crippen molar-refractivity contribution < 1.29 is 4.79 Å². The molecule has 9 heteroatoms. The molecule has 3 heterocycles. The van der Waals surface area contributed by atoms with Crippen LogP contribution in [0.5, 0.6) is 0 Å². The van der Waals surface area contributed by atoms with Crippen molar-refractivity contribution in [3.63, 3.8) is 0 Å². The second kappa shape index (κ2) is 6.75. The molecule has 1 fully saturated rings. The lowest BCUT2D eigenvalue weighted by atomic mass is 10.3. The van der Waals surface area contributed by atoms with Crippen LogP contribution in [-0.4, -0.2) is 63.7 Å². The van der Waals surface area contributed by atoms with Crippen LogP contribution in [0.25, 0.3) is 0 Å². The molecule has 0 bridgehead atoms. The summed E-state index contributed by atoms with van der Waals surface area (Å²) in [4.78, 5) is 24.7. The summed E-state index contributed by atoms with van der Waals surface area (Å²) in [5.41, 5.74) is 0. The van der Waals surface area contributed by atoms with Crippen LogP contribution >= 0.6 is 11.3 Å². The molecule has 0 radical (unpaired) electrons. The van der Waals surface area contributed by atoms with Gasteiger partial charge in [-0.15, -0.1) is 10.2 Å². The fourth-order valence-corrected chi connectivity index (χ4v) is 2.88. The summed E-state index contributed by atoms with van der Waals surface area (Å²) in [6, 6.07) is 1.80. The molecule has 22 heavy (non-hydrogen) atoms. The number of hydrogen-bond acceptors (Lipinski definition) is 8. The molecule has 2 aromatic rings. The van der Waals surface area contributed by atoms with Gasteiger partial charge < -0.3 is 4.90 Å². The molecule has 116 valence electrons. The van der Waals surface area contributed by atoms with Crippen LogP contribution in [-0.2, 0) is 4.79 Å². The Hall–Kier alpha value is -2.13. The van der Waals surface area contributed by atoms with Gasteiger partial charge in [0.25, 0.3) is 0 Å². The third-order valence-electron chi connectivity index (χ3n) is 3.35. The highest BCUT2D eigenvalue weighted by molar-refractivity contribution is 7.15. The van der Waals surface area contributed by atoms with Crippen LogP contribution in [0.3, 0.4) is 0 Å². The van der Waals surface area contributed by atoms with Gasteiger partial charge in [0, 0.05) is 38.6 Å². The Balaban J connectivity index is 1.46. The zero-order chi connectivity index (χ0) is 15.4. The molecule has 8 nitrogen and oxygen atoms in total. The fraction of sp³-hybridized carbons (Fsp3) is 0.462. The highest BCUT2D eigenvalue weighted by Gasteiger charge is 2.20. The molecule has 0 atom stereocenters. The second-order valence-corrected chi connectivity index (χ2v) is 6.17. The first-order chi connectivity index (χ1) is 10.7. The van der Waals surface area contributed by atoms with Gasteiger partial charge in [-0.25, -0.2) is 9.97 Å². The van der Waals surface area contributed by atoms with E-state index in [2.05, 4.69) is 35.3 Å². The van der Waals surface area contributed by atoms with E-state index in [9.17, 15) is 4.79 Å². The minimum absolute atomic E-state index is 0.0550. The summed E-state index contributed by atoms with van der Waals surface area (Å²) < 4.78 is 0. The maximum absolute atomic E-state index is 12.0. The van der Waals surface area contributed by atoms with E-state index in [4.69, 9.17) is 0 Å². The van der Waals surface area contributed by atoms with Gasteiger partial charge in [0.1, 0.15) is 5.01 Å². The zero-order valence-corrected chi connectivity index (χ0v) is 13.1. The van der Waals surface area contributed by atoms with Gasteiger partial charge in [-0.2, -0.15) is 0 Å². The molecule has 3 rings (SSSR count). The lowest BCUT2D eigenvalue weighted by Gasteiger charge is -2.34. The van der Waals surface area contributed by atoms with Crippen molar-refractivity contribution in [1.82, 2.24) is 25.1 Å². The number of rotatable bonds is 4. The molecule has 1 saturated heterocycles. The van der Waals surface area contributed by atoms with Gasteiger partial charge in [-0.1, -0.05) is 11.3 Å². The van der Waals surface area contributed by atoms with Gasteiger partial charge in [-0.3, -0.25) is 15.0 Å². The Kier molecular flexibility index (Phi) is 4.54. The summed E-state index contributed by atoms with van der Waals surface area (Å²) in [5, 5.41) is 11.9. The Morgan fingerprint density at radius 1 is 1.23 bits per heavy atom. The zero-order valence-electron chi connectivity index (χ0n) is 12.3. The van der Waals surface area contributed by atoms with Gasteiger partial charge in [-0.05, 0) is 13.0 Å². The van der Waals surface area contributed by atoms with Crippen molar-refractivity contribution in [1.29, 1.82) is 0 Å². The van der Waals surface area contributed by atoms with Crippen molar-refractivity contribution in [3.8, 4) is 0 Å². The third kappa shape index (κ3) is 3.74. The van der Waals surface area contributed by atoms with E-state index in [0.29, 0.717) is 11.7 Å². The van der Waals surface area contributed by atoms with E-state index in [1.165, 1.54) is 11.3 Å². The average molecular weight is 319 g/mol. The quantitative estimate of drug-likeness (QED) is 0.872. The maximum atomic E-state index is 12.0. The normalized spacial score (nSPS) is 15.8. The number of carbonyl (C=O) groups is 1. The highest BCUT2D eigenvalue weighted by Crippen LogP contribution is 2.14. The predicted molar refractivity (Wildman–Crippen MR) is 84.0 cm³/mol. The first-order valence-corrected chi connectivity index (χ1v) is 7.86. The molecule has 1 aliphatic heterocycles. The molecule has 1 amide bonds. The smallest absolute Gasteiger partial charge is 0.240 e. The molecule has 0 aromatic carbocycles. The van der Waals surface area contributed by atoms with Crippen molar-refractivity contribution in [3.05, 3.63) is 23.5 Å². The highest BCUT2D eigenvalue weighted by atomic mass is 32.1. The standard InChI is InChI=1S/C13H17N7OS/c1-10-17-18-13(22-10)16-11(21)9-19-5-7-20(8-6-19)12-14-3-2-4-15-12/h2-4H,5-9H2,1H3,(H,16,18,21). The summed E-state index contributed by atoms with van der Waals surface area (Å²) in [6.45, 7) is 5.46. The lowest BCUT2D eigenvalue weighted by molar-refractivity contribution is -0.117. The minimum Gasteiger partial charge on any atom is -0.338 e. The molecular weight excluding hydrogens is 302 g/mol. The molecule has 1 aliphatic rings. The van der Waals surface area contributed by atoms with E-state index in [1.807, 2.05) is 6.92 Å². The monoisotopic (exact) mass is 319 g/mol. The van der Waals surface area contributed by atoms with E-state index >= 15 is 0 Å². The number of nitrogens with zero attached hydrogens (tertiary/aromatic N) is 6. The van der Waals surface area contributed by atoms with Crippen molar-refractivity contribution in [2.75, 3.05) is 42.9 Å². The van der Waals surface area contributed by atoms with Crippen LogP contribution in [0.1, 0.15) is 5.01 Å². The molecule has 1 N–H and O–H groups in total. The van der Waals surface area contributed by atoms with Gasteiger partial charge in [0.05, 0.1) is 6.54 Å². The number of amides is 1. The van der Waals surface area contributed by atoms with Crippen LogP contribution in [0.2, 0.25) is 0 Å². The number of nitrogens with one attached hydrogen (secondary N) is 1. The van der Waals surface area contributed by atoms with Crippen molar-refractivity contribution in [2.45, 2.75) is 6.92 Å². The summed E-state index contributed by atoms with van der Waals surface area (Å²) >= 11 is 1.38. The van der Waals surface area contributed by atoms with E-state index in [-0.39, 0.29) is 5.91 Å². The fourth-order valence-electron chi connectivity index (χ4n) is 2.27. The number of hydrogen-bond donors (Lipinski definition) is 1. The SMILES string of the molecule is Cc1nnc(NC(=O)CN2CCN(c3ncccn3)CC2)s1. The van der Waals surface area contributed by atoms with Gasteiger partial charge in [0.15, 0.2) is 0 Å². The largest absolute Gasteiger partial charge is 0.338 e. The predicted octanol–water partition coefficient (Wildman–Crippen LogP) is 0.397. The number of carbonyl (C=O) groups excluding carboxylic acids is 1. The van der Waals surface area contributed by atoms with Crippen LogP contribution in [0, 0.1) is 6.92 Å². The number of aromatic nitrogens is 4. The topological polar surface area (TPSA) is 87.1 Å². The second-order valence-electron chi connectivity index (χ2n) is 4.99. The first kappa shape index (κ1) is 14.8. The number of aryl methyl sites for hydroxylation is 1. The molecule has 2 aromatic heterocycles. The van der Waals surface area contributed by atoms with Crippen molar-refractivity contribution >= 4 is 28.3 Å². The van der Waals surface area contributed by atoms with Gasteiger partial charge >= 0.3 is 0 Å². The summed E-state index contributed by atoms with van der Waals surface area (Å²) in [5.74, 6) is 0.691. The Bertz CT molecular complexity index is 624.